The van der Waals surface area contributed by atoms with Crippen molar-refractivity contribution >= 4 is 63.0 Å². The number of nitrogens with one attached hydrogen (secondary N) is 3. The van der Waals surface area contributed by atoms with E-state index in [9.17, 15) is 24.3 Å². The molecule has 12 heteroatoms. The lowest BCUT2D eigenvalue weighted by molar-refractivity contribution is -0.139. The van der Waals surface area contributed by atoms with E-state index in [0.717, 1.165) is 0 Å². The zero-order valence-electron chi connectivity index (χ0n) is 15.8. The number of benzene rings is 1. The molecule has 0 saturated heterocycles. The second kappa shape index (κ2) is 10.7. The quantitative estimate of drug-likeness (QED) is 0.443. The van der Waals surface area contributed by atoms with Crippen LogP contribution >= 0.6 is 39.1 Å². The second-order valence-corrected chi connectivity index (χ2v) is 8.50. The molecule has 0 aromatic heterocycles. The SMILES string of the molecule is CC(C)(C)OC(=O)NCC(=O)NCC(NC(=O)c1c(Cl)cc(Br)cc1Cl)C(=O)O. The van der Waals surface area contributed by atoms with Crippen molar-refractivity contribution in [1.29, 1.82) is 0 Å². The lowest BCUT2D eigenvalue weighted by Gasteiger charge is -2.20. The van der Waals surface area contributed by atoms with Gasteiger partial charge in [-0.15, -0.1) is 0 Å². The Morgan fingerprint density at radius 1 is 1.14 bits per heavy atom. The normalized spacial score (nSPS) is 11.9. The molecule has 1 aromatic carbocycles. The summed E-state index contributed by atoms with van der Waals surface area (Å²) in [6.07, 6.45) is -0.796. The fraction of sp³-hybridized carbons (Fsp3) is 0.412. The molecule has 4 N–H and O–H groups in total. The van der Waals surface area contributed by atoms with Gasteiger partial charge < -0.3 is 25.8 Å². The summed E-state index contributed by atoms with van der Waals surface area (Å²) in [6.45, 7) is 4.13. The van der Waals surface area contributed by atoms with Crippen LogP contribution < -0.4 is 16.0 Å². The van der Waals surface area contributed by atoms with Crippen LogP contribution in [0.3, 0.4) is 0 Å². The Morgan fingerprint density at radius 3 is 2.17 bits per heavy atom. The molecule has 0 heterocycles. The molecule has 9 nitrogen and oxygen atoms in total. The van der Waals surface area contributed by atoms with Crippen LogP contribution in [0.2, 0.25) is 10.0 Å². The number of carboxylic acids is 1. The smallest absolute Gasteiger partial charge is 0.408 e. The summed E-state index contributed by atoms with van der Waals surface area (Å²) in [5.41, 5.74) is -0.824. The number of aliphatic carboxylic acids is 1. The van der Waals surface area contributed by atoms with Gasteiger partial charge in [-0.05, 0) is 32.9 Å². The molecule has 0 spiro atoms. The minimum atomic E-state index is -1.45. The van der Waals surface area contributed by atoms with E-state index in [1.807, 2.05) is 0 Å². The number of hydrogen-bond donors (Lipinski definition) is 4. The molecule has 160 valence electrons. The first-order valence-electron chi connectivity index (χ1n) is 8.22. The summed E-state index contributed by atoms with van der Waals surface area (Å²) in [6, 6.07) is 1.41. The summed E-state index contributed by atoms with van der Waals surface area (Å²) >= 11 is 15.2. The third-order valence-corrected chi connectivity index (χ3v) is 4.19. The highest BCUT2D eigenvalue weighted by atomic mass is 79.9. The number of rotatable bonds is 7. The van der Waals surface area contributed by atoms with Gasteiger partial charge in [0, 0.05) is 11.0 Å². The number of halogens is 3. The van der Waals surface area contributed by atoms with Crippen molar-refractivity contribution in [1.82, 2.24) is 16.0 Å². The van der Waals surface area contributed by atoms with Crippen LogP contribution in [0.1, 0.15) is 31.1 Å². The van der Waals surface area contributed by atoms with Gasteiger partial charge in [0.25, 0.3) is 5.91 Å². The van der Waals surface area contributed by atoms with Crippen LogP contribution in [0.4, 0.5) is 4.79 Å². The predicted octanol–water partition coefficient (Wildman–Crippen LogP) is 2.58. The molecule has 1 atom stereocenters. The molecule has 0 bridgehead atoms. The van der Waals surface area contributed by atoms with Crippen LogP contribution in [-0.2, 0) is 14.3 Å². The van der Waals surface area contributed by atoms with E-state index in [1.54, 1.807) is 20.8 Å². The van der Waals surface area contributed by atoms with Gasteiger partial charge in [0.2, 0.25) is 5.91 Å². The third-order valence-electron chi connectivity index (χ3n) is 3.13. The molecule has 1 aromatic rings. The first-order valence-corrected chi connectivity index (χ1v) is 9.77. The average Bonchev–Trinajstić information content (AvgIpc) is 2.53. The molecule has 29 heavy (non-hydrogen) atoms. The van der Waals surface area contributed by atoms with Gasteiger partial charge >= 0.3 is 12.1 Å². The maximum absolute atomic E-state index is 12.4. The highest BCUT2D eigenvalue weighted by Crippen LogP contribution is 2.29. The monoisotopic (exact) mass is 511 g/mol. The van der Waals surface area contributed by atoms with Gasteiger partial charge in [0.05, 0.1) is 22.2 Å². The van der Waals surface area contributed by atoms with E-state index in [2.05, 4.69) is 31.9 Å². The fourth-order valence-electron chi connectivity index (χ4n) is 1.93. The van der Waals surface area contributed by atoms with Crippen molar-refractivity contribution in [3.8, 4) is 0 Å². The van der Waals surface area contributed by atoms with Gasteiger partial charge in [-0.2, -0.15) is 0 Å². The minimum Gasteiger partial charge on any atom is -0.480 e. The molecule has 0 fully saturated rings. The molecular formula is C17H20BrCl2N3O6. The van der Waals surface area contributed by atoms with Gasteiger partial charge in [0.1, 0.15) is 11.6 Å². The Hall–Kier alpha value is -2.04. The van der Waals surface area contributed by atoms with Crippen LogP contribution in [0.5, 0.6) is 0 Å². The zero-order chi connectivity index (χ0) is 22.4. The molecule has 0 aliphatic carbocycles. The van der Waals surface area contributed by atoms with E-state index < -0.39 is 48.6 Å². The average molecular weight is 513 g/mol. The molecule has 0 radical (unpaired) electrons. The number of amides is 3. The number of carbonyl (C=O) groups is 4. The molecule has 1 unspecified atom stereocenters. The summed E-state index contributed by atoms with van der Waals surface area (Å²) in [5, 5.41) is 16.1. The number of alkyl carbamates (subject to hydrolysis) is 1. The van der Waals surface area contributed by atoms with E-state index in [0.29, 0.717) is 4.47 Å². The third kappa shape index (κ3) is 8.88. The van der Waals surface area contributed by atoms with Crippen LogP contribution in [0, 0.1) is 0 Å². The fourth-order valence-corrected chi connectivity index (χ4v) is 3.31. The Balaban J connectivity index is 2.64. The number of hydrogen-bond acceptors (Lipinski definition) is 5. The van der Waals surface area contributed by atoms with Gasteiger partial charge in [-0.3, -0.25) is 9.59 Å². The first kappa shape index (κ1) is 25.0. The number of ether oxygens (including phenoxy) is 1. The second-order valence-electron chi connectivity index (χ2n) is 6.77. The summed E-state index contributed by atoms with van der Waals surface area (Å²) in [5.74, 6) is -2.87. The highest BCUT2D eigenvalue weighted by molar-refractivity contribution is 9.10. The van der Waals surface area contributed by atoms with Crippen LogP contribution in [-0.4, -0.2) is 53.7 Å². The minimum absolute atomic E-state index is 0.0246. The van der Waals surface area contributed by atoms with E-state index in [1.165, 1.54) is 12.1 Å². The van der Waals surface area contributed by atoms with Crippen LogP contribution in [0.15, 0.2) is 16.6 Å². The van der Waals surface area contributed by atoms with Gasteiger partial charge in [-0.25, -0.2) is 9.59 Å². The predicted molar refractivity (Wildman–Crippen MR) is 110 cm³/mol. The standard InChI is InChI=1S/C17H20BrCl2N3O6/c1-17(2,3)29-16(28)22-7-12(24)21-6-11(15(26)27)23-14(25)13-9(19)4-8(18)5-10(13)20/h4-5,11H,6-7H2,1-3H3,(H,21,24)(H,22,28)(H,23,25)(H,26,27). The van der Waals surface area contributed by atoms with Crippen molar-refractivity contribution in [2.45, 2.75) is 32.4 Å². The molecular weight excluding hydrogens is 493 g/mol. The van der Waals surface area contributed by atoms with Crippen molar-refractivity contribution in [3.63, 3.8) is 0 Å². The maximum atomic E-state index is 12.4. The van der Waals surface area contributed by atoms with Crippen molar-refractivity contribution in [2.75, 3.05) is 13.1 Å². The summed E-state index contributed by atoms with van der Waals surface area (Å²) < 4.78 is 5.52. The van der Waals surface area contributed by atoms with Crippen molar-refractivity contribution < 1.29 is 29.0 Å². The Kier molecular flexibility index (Phi) is 9.18. The zero-order valence-corrected chi connectivity index (χ0v) is 18.9. The molecule has 0 aliphatic rings. The van der Waals surface area contributed by atoms with Crippen molar-refractivity contribution in [2.24, 2.45) is 0 Å². The lowest BCUT2D eigenvalue weighted by Crippen LogP contribution is -2.50. The summed E-state index contributed by atoms with van der Waals surface area (Å²) in [7, 11) is 0. The highest BCUT2D eigenvalue weighted by Gasteiger charge is 2.24. The number of carbonyl (C=O) groups excluding carboxylic acids is 3. The van der Waals surface area contributed by atoms with E-state index >= 15 is 0 Å². The topological polar surface area (TPSA) is 134 Å². The van der Waals surface area contributed by atoms with Crippen molar-refractivity contribution in [3.05, 3.63) is 32.2 Å². The largest absolute Gasteiger partial charge is 0.480 e. The van der Waals surface area contributed by atoms with Gasteiger partial charge in [-0.1, -0.05) is 39.1 Å². The summed E-state index contributed by atoms with van der Waals surface area (Å²) in [4.78, 5) is 47.1. The number of carboxylic acid groups (broad SMARTS) is 1. The molecule has 0 saturated carbocycles. The molecule has 1 rings (SSSR count). The lowest BCUT2D eigenvalue weighted by atomic mass is 10.2. The Morgan fingerprint density at radius 2 is 1.69 bits per heavy atom. The molecule has 0 aliphatic heterocycles. The van der Waals surface area contributed by atoms with Crippen LogP contribution in [0.25, 0.3) is 0 Å². The first-order chi connectivity index (χ1) is 13.3. The van der Waals surface area contributed by atoms with E-state index in [-0.39, 0.29) is 15.6 Å². The van der Waals surface area contributed by atoms with Gasteiger partial charge in [0.15, 0.2) is 0 Å². The Bertz CT molecular complexity index is 790. The molecule has 3 amide bonds. The maximum Gasteiger partial charge on any atom is 0.408 e. The Labute approximate surface area is 185 Å². The van der Waals surface area contributed by atoms with E-state index in [4.69, 9.17) is 27.9 Å².